The Morgan fingerprint density at radius 3 is 2.30 bits per heavy atom. The monoisotopic (exact) mass is 305 g/mol. The highest BCUT2D eigenvalue weighted by Gasteiger charge is 2.16. The van der Waals surface area contributed by atoms with E-state index in [1.54, 1.807) is 12.4 Å². The van der Waals surface area contributed by atoms with Crippen LogP contribution in [0.25, 0.3) is 22.8 Å². The number of hydrogen-bond acceptors (Lipinski definition) is 4. The van der Waals surface area contributed by atoms with Gasteiger partial charge in [-0.05, 0) is 48.6 Å². The van der Waals surface area contributed by atoms with E-state index in [1.807, 2.05) is 12.1 Å². The second-order valence-corrected chi connectivity index (χ2v) is 6.12. The first kappa shape index (κ1) is 14.1. The lowest BCUT2D eigenvalue weighted by Gasteiger charge is -2.21. The Kier molecular flexibility index (Phi) is 3.88. The van der Waals surface area contributed by atoms with Gasteiger partial charge in [0.1, 0.15) is 0 Å². The van der Waals surface area contributed by atoms with Crippen molar-refractivity contribution in [3.05, 3.63) is 54.4 Å². The first-order chi connectivity index (χ1) is 11.4. The molecule has 2 heterocycles. The molecule has 0 saturated heterocycles. The van der Waals surface area contributed by atoms with Crippen LogP contribution in [0.4, 0.5) is 0 Å². The first-order valence-corrected chi connectivity index (χ1v) is 8.24. The van der Waals surface area contributed by atoms with Crippen LogP contribution in [0.15, 0.2) is 53.3 Å². The molecule has 0 spiro atoms. The lowest BCUT2D eigenvalue weighted by atomic mass is 9.84. The van der Waals surface area contributed by atoms with Gasteiger partial charge in [-0.15, -0.1) is 0 Å². The minimum Gasteiger partial charge on any atom is -0.334 e. The van der Waals surface area contributed by atoms with Gasteiger partial charge in [0.15, 0.2) is 0 Å². The van der Waals surface area contributed by atoms with E-state index in [0.717, 1.165) is 11.1 Å². The van der Waals surface area contributed by atoms with Gasteiger partial charge in [-0.2, -0.15) is 4.98 Å². The highest BCUT2D eigenvalue weighted by molar-refractivity contribution is 5.59. The number of aromatic nitrogens is 3. The summed E-state index contributed by atoms with van der Waals surface area (Å²) in [5.41, 5.74) is 3.31. The quantitative estimate of drug-likeness (QED) is 0.694. The fourth-order valence-electron chi connectivity index (χ4n) is 3.29. The average molecular weight is 305 g/mol. The van der Waals surface area contributed by atoms with Crippen LogP contribution in [0.1, 0.15) is 43.6 Å². The summed E-state index contributed by atoms with van der Waals surface area (Å²) in [4.78, 5) is 8.49. The Bertz CT molecular complexity index is 759. The van der Waals surface area contributed by atoms with Gasteiger partial charge in [0.05, 0.1) is 0 Å². The highest BCUT2D eigenvalue weighted by atomic mass is 16.5. The van der Waals surface area contributed by atoms with Crippen LogP contribution < -0.4 is 0 Å². The third kappa shape index (κ3) is 3.02. The lowest BCUT2D eigenvalue weighted by Crippen LogP contribution is -2.04. The van der Waals surface area contributed by atoms with Crippen molar-refractivity contribution in [1.82, 2.24) is 15.1 Å². The zero-order chi connectivity index (χ0) is 15.5. The summed E-state index contributed by atoms with van der Waals surface area (Å²) in [6, 6.07) is 12.4. The summed E-state index contributed by atoms with van der Waals surface area (Å²) in [5.74, 6) is 1.87. The minimum absolute atomic E-state index is 0.562. The maximum absolute atomic E-state index is 5.41. The molecule has 0 aliphatic heterocycles. The summed E-state index contributed by atoms with van der Waals surface area (Å²) in [5, 5.41) is 4.06. The molecule has 4 nitrogen and oxygen atoms in total. The number of hydrogen-bond donors (Lipinski definition) is 0. The lowest BCUT2D eigenvalue weighted by molar-refractivity contribution is 0.432. The Morgan fingerprint density at radius 2 is 1.57 bits per heavy atom. The van der Waals surface area contributed by atoms with Gasteiger partial charge in [0.25, 0.3) is 5.89 Å². The van der Waals surface area contributed by atoms with Gasteiger partial charge in [-0.3, -0.25) is 4.98 Å². The molecule has 0 unspecified atom stereocenters. The molecule has 1 aliphatic carbocycles. The SMILES string of the molecule is c1cc(-c2noc(-c3ccc(C4CCCCC4)cc3)n2)ccn1. The van der Waals surface area contributed by atoms with E-state index in [9.17, 15) is 0 Å². The van der Waals surface area contributed by atoms with Crippen molar-refractivity contribution in [2.45, 2.75) is 38.0 Å². The Hall–Kier alpha value is -2.49. The highest BCUT2D eigenvalue weighted by Crippen LogP contribution is 2.33. The molecule has 4 heteroatoms. The largest absolute Gasteiger partial charge is 0.334 e. The van der Waals surface area contributed by atoms with Crippen LogP contribution in [-0.2, 0) is 0 Å². The summed E-state index contributed by atoms with van der Waals surface area (Å²) >= 11 is 0. The van der Waals surface area contributed by atoms with Crippen molar-refractivity contribution in [1.29, 1.82) is 0 Å². The Balaban J connectivity index is 1.55. The molecule has 0 amide bonds. The van der Waals surface area contributed by atoms with Gasteiger partial charge in [-0.1, -0.05) is 36.6 Å². The van der Waals surface area contributed by atoms with Crippen LogP contribution >= 0.6 is 0 Å². The van der Waals surface area contributed by atoms with Crippen LogP contribution in [0.5, 0.6) is 0 Å². The Labute approximate surface area is 135 Å². The third-order valence-electron chi connectivity index (χ3n) is 4.60. The molecule has 3 aromatic rings. The molecule has 1 aliphatic rings. The van der Waals surface area contributed by atoms with E-state index in [2.05, 4.69) is 39.4 Å². The van der Waals surface area contributed by atoms with Crippen molar-refractivity contribution in [3.63, 3.8) is 0 Å². The summed E-state index contributed by atoms with van der Waals surface area (Å²) in [6.45, 7) is 0. The fraction of sp³-hybridized carbons (Fsp3) is 0.316. The van der Waals surface area contributed by atoms with E-state index in [-0.39, 0.29) is 0 Å². The second kappa shape index (κ2) is 6.32. The van der Waals surface area contributed by atoms with E-state index in [1.165, 1.54) is 37.7 Å². The molecular weight excluding hydrogens is 286 g/mol. The molecule has 23 heavy (non-hydrogen) atoms. The van der Waals surface area contributed by atoms with Crippen molar-refractivity contribution in [2.75, 3.05) is 0 Å². The van der Waals surface area contributed by atoms with Crippen molar-refractivity contribution < 1.29 is 4.52 Å². The predicted octanol–water partition coefficient (Wildman–Crippen LogP) is 4.85. The standard InChI is InChI=1S/C19H19N3O/c1-2-4-14(5-3-1)15-6-8-17(9-7-15)19-21-18(22-23-19)16-10-12-20-13-11-16/h6-14H,1-5H2. The molecule has 0 bridgehead atoms. The van der Waals surface area contributed by atoms with Crippen LogP contribution in [0, 0.1) is 0 Å². The van der Waals surface area contributed by atoms with Crippen LogP contribution in [0.2, 0.25) is 0 Å². The van der Waals surface area contributed by atoms with Crippen molar-refractivity contribution >= 4 is 0 Å². The fourth-order valence-corrected chi connectivity index (χ4v) is 3.29. The first-order valence-electron chi connectivity index (χ1n) is 8.24. The molecule has 0 N–H and O–H groups in total. The maximum Gasteiger partial charge on any atom is 0.258 e. The number of nitrogens with zero attached hydrogens (tertiary/aromatic N) is 3. The summed E-state index contributed by atoms with van der Waals surface area (Å²) in [7, 11) is 0. The number of rotatable bonds is 3. The minimum atomic E-state index is 0.562. The van der Waals surface area contributed by atoms with E-state index < -0.39 is 0 Å². The molecule has 4 rings (SSSR count). The summed E-state index contributed by atoms with van der Waals surface area (Å²) < 4.78 is 5.41. The van der Waals surface area contributed by atoms with E-state index in [0.29, 0.717) is 17.6 Å². The topological polar surface area (TPSA) is 51.8 Å². The zero-order valence-corrected chi connectivity index (χ0v) is 13.0. The zero-order valence-electron chi connectivity index (χ0n) is 13.0. The van der Waals surface area contributed by atoms with E-state index >= 15 is 0 Å². The molecular formula is C19H19N3O. The van der Waals surface area contributed by atoms with Gasteiger partial charge in [0, 0.05) is 23.5 Å². The molecule has 0 radical (unpaired) electrons. The molecule has 0 atom stereocenters. The van der Waals surface area contributed by atoms with Gasteiger partial charge < -0.3 is 4.52 Å². The molecule has 1 fully saturated rings. The van der Waals surface area contributed by atoms with Crippen molar-refractivity contribution in [3.8, 4) is 22.8 Å². The number of pyridine rings is 1. The average Bonchev–Trinajstić information content (AvgIpc) is 3.14. The molecule has 116 valence electrons. The smallest absolute Gasteiger partial charge is 0.258 e. The normalized spacial score (nSPS) is 15.7. The van der Waals surface area contributed by atoms with Gasteiger partial charge in [0.2, 0.25) is 5.82 Å². The summed E-state index contributed by atoms with van der Waals surface area (Å²) in [6.07, 6.45) is 10.2. The van der Waals surface area contributed by atoms with E-state index in [4.69, 9.17) is 4.52 Å². The molecule has 2 aromatic heterocycles. The van der Waals surface area contributed by atoms with Gasteiger partial charge in [-0.25, -0.2) is 0 Å². The molecule has 1 saturated carbocycles. The second-order valence-electron chi connectivity index (χ2n) is 6.12. The Morgan fingerprint density at radius 1 is 0.826 bits per heavy atom. The maximum atomic E-state index is 5.41. The van der Waals surface area contributed by atoms with Gasteiger partial charge >= 0.3 is 0 Å². The van der Waals surface area contributed by atoms with Crippen LogP contribution in [0.3, 0.4) is 0 Å². The van der Waals surface area contributed by atoms with Crippen LogP contribution in [-0.4, -0.2) is 15.1 Å². The number of benzene rings is 1. The predicted molar refractivity (Wildman–Crippen MR) is 88.8 cm³/mol. The molecule has 1 aromatic carbocycles. The third-order valence-corrected chi connectivity index (χ3v) is 4.60. The van der Waals surface area contributed by atoms with Crippen molar-refractivity contribution in [2.24, 2.45) is 0 Å².